The van der Waals surface area contributed by atoms with Gasteiger partial charge in [0.25, 0.3) is 0 Å². The largest absolute Gasteiger partial charge is 0.341 e. The van der Waals surface area contributed by atoms with Crippen molar-refractivity contribution in [2.75, 3.05) is 6.54 Å². The van der Waals surface area contributed by atoms with Gasteiger partial charge in [-0.15, -0.1) is 0 Å². The van der Waals surface area contributed by atoms with Crippen molar-refractivity contribution < 1.29 is 0 Å². The van der Waals surface area contributed by atoms with Crippen LogP contribution >= 0.6 is 15.9 Å². The Hall–Kier alpha value is -1.13. The molecule has 0 saturated heterocycles. The van der Waals surface area contributed by atoms with Gasteiger partial charge in [-0.2, -0.15) is 0 Å². The molecule has 3 nitrogen and oxygen atoms in total. The summed E-state index contributed by atoms with van der Waals surface area (Å²) in [4.78, 5) is 7.79. The predicted molar refractivity (Wildman–Crippen MR) is 83.0 cm³/mol. The molecule has 0 aliphatic rings. The Labute approximate surface area is 123 Å². The van der Waals surface area contributed by atoms with E-state index in [0.29, 0.717) is 5.92 Å². The summed E-state index contributed by atoms with van der Waals surface area (Å²) in [6, 6.07) is 6.28. The fourth-order valence-corrected chi connectivity index (χ4v) is 2.21. The zero-order valence-electron chi connectivity index (χ0n) is 11.6. The molecule has 2 aromatic rings. The van der Waals surface area contributed by atoms with Gasteiger partial charge in [0.2, 0.25) is 0 Å². The maximum atomic E-state index is 4.44. The van der Waals surface area contributed by atoms with Crippen molar-refractivity contribution in [3.05, 3.63) is 40.1 Å². The zero-order chi connectivity index (χ0) is 13.8. The maximum absolute atomic E-state index is 4.44. The molecule has 2 N–H and O–H groups in total. The summed E-state index contributed by atoms with van der Waals surface area (Å²) >= 11 is 3.55. The lowest BCUT2D eigenvalue weighted by Gasteiger charge is -2.05. The van der Waals surface area contributed by atoms with Gasteiger partial charge in [-0.1, -0.05) is 41.9 Å². The minimum Gasteiger partial charge on any atom is -0.341 e. The minimum absolute atomic E-state index is 0.662. The predicted octanol–water partition coefficient (Wildman–Crippen LogP) is 3.89. The maximum Gasteiger partial charge on any atom is 0.137 e. The number of hydrogen-bond acceptors (Lipinski definition) is 2. The summed E-state index contributed by atoms with van der Waals surface area (Å²) in [6.07, 6.45) is 1.90. The smallest absolute Gasteiger partial charge is 0.137 e. The van der Waals surface area contributed by atoms with E-state index in [9.17, 15) is 0 Å². The van der Waals surface area contributed by atoms with E-state index in [2.05, 4.69) is 70.2 Å². The van der Waals surface area contributed by atoms with Crippen LogP contribution in [0.3, 0.4) is 0 Å². The highest BCUT2D eigenvalue weighted by Crippen LogP contribution is 2.23. The van der Waals surface area contributed by atoms with Crippen molar-refractivity contribution in [3.63, 3.8) is 0 Å². The molecule has 0 radical (unpaired) electrons. The molecule has 1 aromatic carbocycles. The van der Waals surface area contributed by atoms with Crippen LogP contribution in [0.15, 0.2) is 28.9 Å². The van der Waals surface area contributed by atoms with Gasteiger partial charge in [-0.05, 0) is 31.0 Å². The van der Waals surface area contributed by atoms with E-state index in [1.165, 1.54) is 5.56 Å². The van der Waals surface area contributed by atoms with E-state index < -0.39 is 0 Å². The average Bonchev–Trinajstić information content (AvgIpc) is 2.81. The summed E-state index contributed by atoms with van der Waals surface area (Å²) in [5, 5.41) is 3.41. The van der Waals surface area contributed by atoms with Crippen molar-refractivity contribution in [1.29, 1.82) is 0 Å². The van der Waals surface area contributed by atoms with Crippen LogP contribution in [0.25, 0.3) is 11.4 Å². The number of benzene rings is 1. The third kappa shape index (κ3) is 3.91. The lowest BCUT2D eigenvalue weighted by atomic mass is 10.1. The highest BCUT2D eigenvalue weighted by atomic mass is 79.9. The molecule has 1 heterocycles. The normalized spacial score (nSPS) is 11.2. The number of nitrogens with zero attached hydrogens (tertiary/aromatic N) is 1. The second-order valence-corrected chi connectivity index (χ2v) is 6.10. The quantitative estimate of drug-likeness (QED) is 0.877. The van der Waals surface area contributed by atoms with Crippen LogP contribution in [0.2, 0.25) is 0 Å². The van der Waals surface area contributed by atoms with E-state index in [-0.39, 0.29) is 0 Å². The molecule has 0 aliphatic heterocycles. The molecule has 0 bridgehead atoms. The number of aromatic nitrogens is 2. The molecule has 0 atom stereocenters. The van der Waals surface area contributed by atoms with Crippen molar-refractivity contribution >= 4 is 15.9 Å². The SMILES string of the molecule is Cc1ccc(-c2ncc(CNCC(C)C)[nH]2)cc1Br. The first-order chi connectivity index (χ1) is 9.06. The molecule has 102 valence electrons. The highest BCUT2D eigenvalue weighted by molar-refractivity contribution is 9.10. The Balaban J connectivity index is 2.05. The van der Waals surface area contributed by atoms with E-state index in [1.807, 2.05) is 6.20 Å². The Morgan fingerprint density at radius 2 is 2.16 bits per heavy atom. The lowest BCUT2D eigenvalue weighted by molar-refractivity contribution is 0.549. The fraction of sp³-hybridized carbons (Fsp3) is 0.400. The number of aryl methyl sites for hydroxylation is 1. The molecule has 19 heavy (non-hydrogen) atoms. The van der Waals surface area contributed by atoms with Gasteiger partial charge in [0.05, 0.1) is 0 Å². The summed E-state index contributed by atoms with van der Waals surface area (Å²) in [7, 11) is 0. The minimum atomic E-state index is 0.662. The number of imidazole rings is 1. The standard InChI is InChI=1S/C15H20BrN3/c1-10(2)7-17-8-13-9-18-15(19-13)12-5-4-11(3)14(16)6-12/h4-6,9-10,17H,7-8H2,1-3H3,(H,18,19). The molecule has 0 aliphatic carbocycles. The summed E-state index contributed by atoms with van der Waals surface area (Å²) in [5.41, 5.74) is 3.45. The van der Waals surface area contributed by atoms with Crippen molar-refractivity contribution in [1.82, 2.24) is 15.3 Å². The van der Waals surface area contributed by atoms with Gasteiger partial charge in [-0.3, -0.25) is 0 Å². The van der Waals surface area contributed by atoms with E-state index in [4.69, 9.17) is 0 Å². The molecule has 0 saturated carbocycles. The fourth-order valence-electron chi connectivity index (χ4n) is 1.83. The van der Waals surface area contributed by atoms with Crippen LogP contribution < -0.4 is 5.32 Å². The van der Waals surface area contributed by atoms with E-state index >= 15 is 0 Å². The van der Waals surface area contributed by atoms with Crippen molar-refractivity contribution in [2.24, 2.45) is 5.92 Å². The van der Waals surface area contributed by atoms with E-state index in [0.717, 1.165) is 34.6 Å². The first-order valence-electron chi connectivity index (χ1n) is 6.57. The lowest BCUT2D eigenvalue weighted by Crippen LogP contribution is -2.19. The van der Waals surface area contributed by atoms with Crippen LogP contribution in [0.1, 0.15) is 25.1 Å². The van der Waals surface area contributed by atoms with Crippen LogP contribution in [-0.2, 0) is 6.54 Å². The molecule has 0 unspecified atom stereocenters. The molecular formula is C15H20BrN3. The van der Waals surface area contributed by atoms with Crippen LogP contribution in [0.5, 0.6) is 0 Å². The molecule has 0 spiro atoms. The molecule has 0 amide bonds. The molecule has 4 heteroatoms. The Morgan fingerprint density at radius 3 is 2.84 bits per heavy atom. The first kappa shape index (κ1) is 14.3. The number of nitrogens with one attached hydrogen (secondary N) is 2. The second-order valence-electron chi connectivity index (χ2n) is 5.25. The van der Waals surface area contributed by atoms with Crippen LogP contribution in [-0.4, -0.2) is 16.5 Å². The third-order valence-corrected chi connectivity index (χ3v) is 3.80. The zero-order valence-corrected chi connectivity index (χ0v) is 13.2. The number of halogens is 1. The summed E-state index contributed by atoms with van der Waals surface area (Å²) < 4.78 is 1.11. The number of H-pyrrole nitrogens is 1. The third-order valence-electron chi connectivity index (χ3n) is 2.94. The van der Waals surface area contributed by atoms with Gasteiger partial charge in [0.1, 0.15) is 5.82 Å². The second kappa shape index (κ2) is 6.35. The topological polar surface area (TPSA) is 40.7 Å². The molecule has 0 fully saturated rings. The van der Waals surface area contributed by atoms with Gasteiger partial charge >= 0.3 is 0 Å². The van der Waals surface area contributed by atoms with Gasteiger partial charge in [0, 0.05) is 28.5 Å². The number of hydrogen-bond donors (Lipinski definition) is 2. The first-order valence-corrected chi connectivity index (χ1v) is 7.36. The van der Waals surface area contributed by atoms with Gasteiger partial charge < -0.3 is 10.3 Å². The Kier molecular flexibility index (Phi) is 4.77. The highest BCUT2D eigenvalue weighted by Gasteiger charge is 2.05. The van der Waals surface area contributed by atoms with Crippen molar-refractivity contribution in [2.45, 2.75) is 27.3 Å². The Bertz CT molecular complexity index is 546. The number of rotatable bonds is 5. The molecule has 2 rings (SSSR count). The van der Waals surface area contributed by atoms with Crippen molar-refractivity contribution in [3.8, 4) is 11.4 Å². The van der Waals surface area contributed by atoms with Gasteiger partial charge in [0.15, 0.2) is 0 Å². The van der Waals surface area contributed by atoms with Crippen LogP contribution in [0.4, 0.5) is 0 Å². The monoisotopic (exact) mass is 321 g/mol. The van der Waals surface area contributed by atoms with E-state index in [1.54, 1.807) is 0 Å². The molecule has 1 aromatic heterocycles. The summed E-state index contributed by atoms with van der Waals surface area (Å²) in [5.74, 6) is 1.58. The Morgan fingerprint density at radius 1 is 1.37 bits per heavy atom. The summed E-state index contributed by atoms with van der Waals surface area (Å²) in [6.45, 7) is 8.34. The molecular weight excluding hydrogens is 302 g/mol. The van der Waals surface area contributed by atoms with Gasteiger partial charge in [-0.25, -0.2) is 4.98 Å². The van der Waals surface area contributed by atoms with Crippen LogP contribution in [0, 0.1) is 12.8 Å². The average molecular weight is 322 g/mol. The number of aromatic amines is 1.